The van der Waals surface area contributed by atoms with Crippen LogP contribution in [-0.2, 0) is 0 Å². The maximum atomic E-state index is 11.7. The van der Waals surface area contributed by atoms with E-state index in [2.05, 4.69) is 9.97 Å². The third-order valence-electron chi connectivity index (χ3n) is 2.25. The monoisotopic (exact) mass is 254 g/mol. The van der Waals surface area contributed by atoms with Gasteiger partial charge in [-0.1, -0.05) is 0 Å². The van der Waals surface area contributed by atoms with Crippen LogP contribution < -0.4 is 15.0 Å². The van der Waals surface area contributed by atoms with Crippen LogP contribution in [0.4, 0.5) is 0 Å². The zero-order chi connectivity index (χ0) is 12.3. The number of H-pyrrole nitrogens is 1. The number of benzene rings is 1. The normalized spacial score (nSPS) is 10.5. The first-order chi connectivity index (χ1) is 8.26. The second kappa shape index (κ2) is 5.05. The van der Waals surface area contributed by atoms with Gasteiger partial charge in [-0.15, -0.1) is 11.6 Å². The molecule has 0 saturated carbocycles. The standard InChI is InChI=1S/C11H11ClN2O3/c1-16-7-4-8-10(11(15)14-6-13-8)9(5-7)17-3-2-12/h4-6H,2-3H2,1H3,(H,13,14,15). The zero-order valence-corrected chi connectivity index (χ0v) is 9.95. The number of methoxy groups -OCH3 is 1. The Labute approximate surface area is 102 Å². The summed E-state index contributed by atoms with van der Waals surface area (Å²) in [4.78, 5) is 18.3. The van der Waals surface area contributed by atoms with Gasteiger partial charge in [0.15, 0.2) is 0 Å². The zero-order valence-electron chi connectivity index (χ0n) is 9.20. The second-order valence-corrected chi connectivity index (χ2v) is 3.67. The van der Waals surface area contributed by atoms with Gasteiger partial charge >= 0.3 is 0 Å². The largest absolute Gasteiger partial charge is 0.497 e. The highest BCUT2D eigenvalue weighted by atomic mass is 35.5. The van der Waals surface area contributed by atoms with Crippen molar-refractivity contribution in [3.05, 3.63) is 28.8 Å². The van der Waals surface area contributed by atoms with E-state index in [1.165, 1.54) is 6.33 Å². The van der Waals surface area contributed by atoms with Crippen LogP contribution in [0.3, 0.4) is 0 Å². The van der Waals surface area contributed by atoms with E-state index in [-0.39, 0.29) is 5.56 Å². The molecule has 0 spiro atoms. The summed E-state index contributed by atoms with van der Waals surface area (Å²) in [6.45, 7) is 0.318. The van der Waals surface area contributed by atoms with E-state index in [1.807, 2.05) is 0 Å². The minimum Gasteiger partial charge on any atom is -0.497 e. The van der Waals surface area contributed by atoms with Gasteiger partial charge in [-0.05, 0) is 0 Å². The summed E-state index contributed by atoms with van der Waals surface area (Å²) in [6.07, 6.45) is 1.34. The number of alkyl halides is 1. The third kappa shape index (κ3) is 2.34. The minimum atomic E-state index is -0.248. The molecule has 0 atom stereocenters. The smallest absolute Gasteiger partial charge is 0.262 e. The Morgan fingerprint density at radius 3 is 3.00 bits per heavy atom. The van der Waals surface area contributed by atoms with Crippen molar-refractivity contribution in [2.45, 2.75) is 0 Å². The molecule has 1 heterocycles. The Morgan fingerprint density at radius 1 is 1.47 bits per heavy atom. The number of rotatable bonds is 4. The van der Waals surface area contributed by atoms with Crippen molar-refractivity contribution in [3.63, 3.8) is 0 Å². The van der Waals surface area contributed by atoms with Crippen molar-refractivity contribution in [2.75, 3.05) is 19.6 Å². The van der Waals surface area contributed by atoms with Gasteiger partial charge in [-0.2, -0.15) is 0 Å². The van der Waals surface area contributed by atoms with Crippen molar-refractivity contribution < 1.29 is 9.47 Å². The maximum absolute atomic E-state index is 11.7. The molecule has 90 valence electrons. The molecule has 5 nitrogen and oxygen atoms in total. The van der Waals surface area contributed by atoms with Gasteiger partial charge in [-0.25, -0.2) is 4.98 Å². The molecule has 1 N–H and O–H groups in total. The van der Waals surface area contributed by atoms with Crippen molar-refractivity contribution in [2.24, 2.45) is 0 Å². The molecular formula is C11H11ClN2O3. The molecule has 1 aromatic carbocycles. The molecule has 2 rings (SSSR count). The second-order valence-electron chi connectivity index (χ2n) is 3.29. The lowest BCUT2D eigenvalue weighted by Crippen LogP contribution is -2.09. The highest BCUT2D eigenvalue weighted by Gasteiger charge is 2.10. The van der Waals surface area contributed by atoms with E-state index in [4.69, 9.17) is 21.1 Å². The fraction of sp³-hybridized carbons (Fsp3) is 0.273. The average Bonchev–Trinajstić information content (AvgIpc) is 2.35. The maximum Gasteiger partial charge on any atom is 0.262 e. The number of aromatic amines is 1. The van der Waals surface area contributed by atoms with Crippen LogP contribution in [0.15, 0.2) is 23.3 Å². The van der Waals surface area contributed by atoms with E-state index in [1.54, 1.807) is 19.2 Å². The molecule has 0 aliphatic heterocycles. The average molecular weight is 255 g/mol. The molecule has 0 unspecified atom stereocenters. The Morgan fingerprint density at radius 2 is 2.29 bits per heavy atom. The van der Waals surface area contributed by atoms with Crippen LogP contribution >= 0.6 is 11.6 Å². The molecule has 2 aromatic rings. The SMILES string of the molecule is COc1cc(OCCCl)c2c(=O)[nH]cnc2c1. The van der Waals surface area contributed by atoms with Crippen molar-refractivity contribution in [1.82, 2.24) is 9.97 Å². The van der Waals surface area contributed by atoms with E-state index >= 15 is 0 Å². The first-order valence-corrected chi connectivity index (χ1v) is 5.54. The number of nitrogens with zero attached hydrogens (tertiary/aromatic N) is 1. The summed E-state index contributed by atoms with van der Waals surface area (Å²) in [5.74, 6) is 1.35. The molecule has 6 heteroatoms. The summed E-state index contributed by atoms with van der Waals surface area (Å²) < 4.78 is 10.5. The van der Waals surface area contributed by atoms with E-state index in [0.717, 1.165) is 0 Å². The molecule has 0 saturated heterocycles. The van der Waals surface area contributed by atoms with E-state index in [0.29, 0.717) is 34.9 Å². The molecule has 17 heavy (non-hydrogen) atoms. The summed E-state index contributed by atoms with van der Waals surface area (Å²) in [6, 6.07) is 3.32. The number of hydrogen-bond acceptors (Lipinski definition) is 4. The fourth-order valence-electron chi connectivity index (χ4n) is 1.52. The Balaban J connectivity index is 2.64. The lowest BCUT2D eigenvalue weighted by molar-refractivity contribution is 0.342. The molecule has 0 aliphatic rings. The van der Waals surface area contributed by atoms with Crippen LogP contribution in [0.1, 0.15) is 0 Å². The van der Waals surface area contributed by atoms with Crippen molar-refractivity contribution in [3.8, 4) is 11.5 Å². The Kier molecular flexibility index (Phi) is 3.49. The number of ether oxygens (including phenoxy) is 2. The van der Waals surface area contributed by atoms with E-state index < -0.39 is 0 Å². The number of halogens is 1. The number of hydrogen-bond donors (Lipinski definition) is 1. The predicted molar refractivity (Wildman–Crippen MR) is 65.1 cm³/mol. The van der Waals surface area contributed by atoms with Crippen LogP contribution in [0, 0.1) is 0 Å². The van der Waals surface area contributed by atoms with Crippen LogP contribution in [0.2, 0.25) is 0 Å². The molecule has 0 aliphatic carbocycles. The Bertz CT molecular complexity index is 582. The quantitative estimate of drug-likeness (QED) is 0.841. The number of aromatic nitrogens is 2. The van der Waals surface area contributed by atoms with Crippen molar-refractivity contribution in [1.29, 1.82) is 0 Å². The van der Waals surface area contributed by atoms with Crippen LogP contribution in [0.25, 0.3) is 10.9 Å². The topological polar surface area (TPSA) is 64.2 Å². The van der Waals surface area contributed by atoms with Gasteiger partial charge in [0.2, 0.25) is 0 Å². The molecule has 0 fully saturated rings. The highest BCUT2D eigenvalue weighted by Crippen LogP contribution is 2.27. The van der Waals surface area contributed by atoms with E-state index in [9.17, 15) is 4.79 Å². The van der Waals surface area contributed by atoms with Gasteiger partial charge in [0, 0.05) is 12.1 Å². The molecule has 0 amide bonds. The lowest BCUT2D eigenvalue weighted by atomic mass is 10.2. The molecule has 0 bridgehead atoms. The van der Waals surface area contributed by atoms with Crippen LogP contribution in [-0.4, -0.2) is 29.6 Å². The fourth-order valence-corrected chi connectivity index (χ4v) is 1.60. The first kappa shape index (κ1) is 11.7. The Hall–Kier alpha value is -1.75. The van der Waals surface area contributed by atoms with Gasteiger partial charge < -0.3 is 14.5 Å². The van der Waals surface area contributed by atoms with Gasteiger partial charge in [0.1, 0.15) is 23.5 Å². The summed E-state index contributed by atoms with van der Waals surface area (Å²) >= 11 is 5.56. The summed E-state index contributed by atoms with van der Waals surface area (Å²) in [5, 5.41) is 0.401. The summed E-state index contributed by atoms with van der Waals surface area (Å²) in [5.41, 5.74) is 0.278. The predicted octanol–water partition coefficient (Wildman–Crippen LogP) is 1.55. The molecule has 1 aromatic heterocycles. The lowest BCUT2D eigenvalue weighted by Gasteiger charge is -2.09. The molecule has 0 radical (unpaired) electrons. The van der Waals surface area contributed by atoms with Gasteiger partial charge in [0.05, 0.1) is 24.8 Å². The highest BCUT2D eigenvalue weighted by molar-refractivity contribution is 6.18. The number of fused-ring (bicyclic) bond motifs is 1. The van der Waals surface area contributed by atoms with Crippen molar-refractivity contribution >= 4 is 22.5 Å². The number of nitrogens with one attached hydrogen (secondary N) is 1. The van der Waals surface area contributed by atoms with Gasteiger partial charge in [-0.3, -0.25) is 4.79 Å². The third-order valence-corrected chi connectivity index (χ3v) is 2.41. The minimum absolute atomic E-state index is 0.248. The van der Waals surface area contributed by atoms with Gasteiger partial charge in [0.25, 0.3) is 5.56 Å². The first-order valence-electron chi connectivity index (χ1n) is 5.00. The summed E-state index contributed by atoms with van der Waals surface area (Å²) in [7, 11) is 1.54. The molecular weight excluding hydrogens is 244 g/mol. The van der Waals surface area contributed by atoms with Crippen LogP contribution in [0.5, 0.6) is 11.5 Å².